The Morgan fingerprint density at radius 1 is 1.33 bits per heavy atom. The summed E-state index contributed by atoms with van der Waals surface area (Å²) in [5, 5.41) is 4.28. The van der Waals surface area contributed by atoms with Gasteiger partial charge < -0.3 is 10.1 Å². The monoisotopic (exact) mass is 342 g/mol. The molecule has 3 heterocycles. The maximum absolute atomic E-state index is 6.73. The SMILES string of the molecule is CC1CC2(CCN1)OC(C1=CC(Cl)=CCC=N1)C1=CC=CCC=C12. The van der Waals surface area contributed by atoms with E-state index in [4.69, 9.17) is 16.3 Å². The number of piperidine rings is 1. The number of nitrogens with one attached hydrogen (secondary N) is 1. The highest BCUT2D eigenvalue weighted by atomic mass is 35.5. The van der Waals surface area contributed by atoms with Crippen LogP contribution in [0.4, 0.5) is 0 Å². The molecule has 1 N–H and O–H groups in total. The van der Waals surface area contributed by atoms with Crippen molar-refractivity contribution in [3.63, 3.8) is 0 Å². The van der Waals surface area contributed by atoms with Gasteiger partial charge in [0.25, 0.3) is 0 Å². The molecular weight excluding hydrogens is 320 g/mol. The third-order valence-corrected chi connectivity index (χ3v) is 5.43. The molecule has 0 aromatic carbocycles. The van der Waals surface area contributed by atoms with Crippen molar-refractivity contribution in [2.24, 2.45) is 4.99 Å². The van der Waals surface area contributed by atoms with Gasteiger partial charge in [-0.1, -0.05) is 42.0 Å². The van der Waals surface area contributed by atoms with E-state index in [9.17, 15) is 0 Å². The number of halogens is 1. The van der Waals surface area contributed by atoms with Gasteiger partial charge in [-0.15, -0.1) is 0 Å². The molecule has 2 saturated heterocycles. The normalized spacial score (nSPS) is 35.6. The highest BCUT2D eigenvalue weighted by molar-refractivity contribution is 6.31. The summed E-state index contributed by atoms with van der Waals surface area (Å²) in [5.41, 5.74) is 3.30. The smallest absolute Gasteiger partial charge is 0.126 e. The molecule has 0 radical (unpaired) electrons. The standard InChI is InChI=1S/C20H23ClN2O/c1-14-13-20(9-11-22-14)17-8-4-2-3-7-16(17)19(24-20)18-12-15(21)6-5-10-23-18/h2-3,6-8,10,12,14,19,22H,4-5,9,11,13H2,1H3. The van der Waals surface area contributed by atoms with Crippen LogP contribution in [0.3, 0.4) is 0 Å². The lowest BCUT2D eigenvalue weighted by molar-refractivity contribution is -0.0357. The van der Waals surface area contributed by atoms with Crippen LogP contribution >= 0.6 is 11.6 Å². The predicted molar refractivity (Wildman–Crippen MR) is 99.4 cm³/mol. The average Bonchev–Trinajstić information content (AvgIpc) is 2.79. The first-order valence-electron chi connectivity index (χ1n) is 8.77. The Kier molecular flexibility index (Phi) is 4.33. The first-order valence-corrected chi connectivity index (χ1v) is 9.14. The van der Waals surface area contributed by atoms with Crippen LogP contribution in [-0.2, 0) is 4.74 Å². The van der Waals surface area contributed by atoms with Gasteiger partial charge >= 0.3 is 0 Å². The second-order valence-corrected chi connectivity index (χ2v) is 7.35. The zero-order valence-corrected chi connectivity index (χ0v) is 14.7. The van der Waals surface area contributed by atoms with Crippen molar-refractivity contribution in [1.29, 1.82) is 0 Å². The first-order chi connectivity index (χ1) is 11.7. The van der Waals surface area contributed by atoms with E-state index in [1.54, 1.807) is 0 Å². The van der Waals surface area contributed by atoms with Gasteiger partial charge in [0, 0.05) is 23.7 Å². The van der Waals surface area contributed by atoms with Crippen LogP contribution in [-0.4, -0.2) is 30.5 Å². The first kappa shape index (κ1) is 16.1. The van der Waals surface area contributed by atoms with E-state index in [1.807, 2.05) is 18.4 Å². The van der Waals surface area contributed by atoms with Gasteiger partial charge in [0.2, 0.25) is 0 Å². The van der Waals surface area contributed by atoms with E-state index in [-0.39, 0.29) is 11.7 Å². The number of rotatable bonds is 1. The molecule has 0 saturated carbocycles. The summed E-state index contributed by atoms with van der Waals surface area (Å²) in [6.07, 6.45) is 18.3. The quantitative estimate of drug-likeness (QED) is 0.775. The molecule has 3 atom stereocenters. The second kappa shape index (κ2) is 6.47. The number of allylic oxidation sites excluding steroid dienone is 7. The number of aliphatic imine (C=N–C) groups is 1. The highest BCUT2D eigenvalue weighted by Gasteiger charge is 2.50. The molecule has 3 nitrogen and oxygen atoms in total. The van der Waals surface area contributed by atoms with Crippen molar-refractivity contribution in [3.8, 4) is 0 Å². The lowest BCUT2D eigenvalue weighted by Gasteiger charge is -2.38. The van der Waals surface area contributed by atoms with Crippen LogP contribution in [0.25, 0.3) is 0 Å². The van der Waals surface area contributed by atoms with Gasteiger partial charge in [0.15, 0.2) is 0 Å². The molecule has 4 heteroatoms. The highest BCUT2D eigenvalue weighted by Crippen LogP contribution is 2.49. The summed E-state index contributed by atoms with van der Waals surface area (Å²) < 4.78 is 6.73. The molecule has 4 aliphatic rings. The zero-order valence-electron chi connectivity index (χ0n) is 14.0. The van der Waals surface area contributed by atoms with Gasteiger partial charge in [0.1, 0.15) is 6.10 Å². The lowest BCUT2D eigenvalue weighted by atomic mass is 9.79. The molecule has 0 aromatic rings. The minimum Gasteiger partial charge on any atom is -0.356 e. The Bertz CT molecular complexity index is 713. The van der Waals surface area contributed by atoms with Crippen molar-refractivity contribution in [2.45, 2.75) is 50.4 Å². The van der Waals surface area contributed by atoms with Crippen LogP contribution in [0, 0.1) is 0 Å². The van der Waals surface area contributed by atoms with Crippen LogP contribution in [0.1, 0.15) is 32.6 Å². The number of nitrogens with zero attached hydrogens (tertiary/aromatic N) is 1. The summed E-state index contributed by atoms with van der Waals surface area (Å²) >= 11 is 6.29. The van der Waals surface area contributed by atoms with Crippen LogP contribution in [0.5, 0.6) is 0 Å². The third-order valence-electron chi connectivity index (χ3n) is 5.17. The minimum absolute atomic E-state index is 0.138. The van der Waals surface area contributed by atoms with Gasteiger partial charge in [-0.3, -0.25) is 4.99 Å². The number of hydrogen-bond acceptors (Lipinski definition) is 3. The zero-order chi connectivity index (χ0) is 16.6. The molecule has 3 unspecified atom stereocenters. The van der Waals surface area contributed by atoms with E-state index in [0.717, 1.165) is 43.0 Å². The Balaban J connectivity index is 1.77. The number of fused-ring (bicyclic) bond motifs is 2. The average molecular weight is 343 g/mol. The van der Waals surface area contributed by atoms with Crippen molar-refractivity contribution >= 4 is 17.8 Å². The van der Waals surface area contributed by atoms with Crippen LogP contribution < -0.4 is 5.32 Å². The fourth-order valence-corrected chi connectivity index (χ4v) is 4.34. The maximum atomic E-state index is 6.73. The largest absolute Gasteiger partial charge is 0.356 e. The van der Waals surface area contributed by atoms with Gasteiger partial charge in [-0.25, -0.2) is 0 Å². The molecule has 24 heavy (non-hydrogen) atoms. The minimum atomic E-state index is -0.202. The van der Waals surface area contributed by atoms with Gasteiger partial charge in [-0.05, 0) is 50.0 Å². The molecule has 0 aromatic heterocycles. The summed E-state index contributed by atoms with van der Waals surface area (Å²) in [5.74, 6) is 0. The van der Waals surface area contributed by atoms with E-state index in [1.165, 1.54) is 11.1 Å². The number of hydrogen-bond donors (Lipinski definition) is 1. The van der Waals surface area contributed by atoms with Crippen molar-refractivity contribution in [1.82, 2.24) is 5.32 Å². The maximum Gasteiger partial charge on any atom is 0.126 e. The Labute approximate surface area is 148 Å². The van der Waals surface area contributed by atoms with Gasteiger partial charge in [0.05, 0.1) is 11.3 Å². The lowest BCUT2D eigenvalue weighted by Crippen LogP contribution is -2.47. The van der Waals surface area contributed by atoms with Crippen LogP contribution in [0.2, 0.25) is 0 Å². The molecular formula is C20H23ClN2O. The Hall–Kier alpha value is -1.42. The molecule has 1 spiro atoms. The summed E-state index contributed by atoms with van der Waals surface area (Å²) in [6.45, 7) is 3.22. The third kappa shape index (κ3) is 2.85. The summed E-state index contributed by atoms with van der Waals surface area (Å²) in [6, 6.07) is 0.450. The molecule has 3 aliphatic heterocycles. The topological polar surface area (TPSA) is 33.6 Å². The van der Waals surface area contributed by atoms with E-state index in [2.05, 4.69) is 41.5 Å². The molecule has 126 valence electrons. The van der Waals surface area contributed by atoms with E-state index in [0.29, 0.717) is 6.04 Å². The molecule has 0 bridgehead atoms. The number of ether oxygens (including phenoxy) is 1. The van der Waals surface area contributed by atoms with Crippen molar-refractivity contribution < 1.29 is 4.74 Å². The fraction of sp³-hybridized carbons (Fsp3) is 0.450. The molecule has 0 amide bonds. The van der Waals surface area contributed by atoms with Crippen LogP contribution in [0.15, 0.2) is 63.3 Å². The molecule has 1 aliphatic carbocycles. The molecule has 2 fully saturated rings. The predicted octanol–water partition coefficient (Wildman–Crippen LogP) is 4.19. The summed E-state index contributed by atoms with van der Waals surface area (Å²) in [7, 11) is 0. The van der Waals surface area contributed by atoms with Crippen molar-refractivity contribution in [3.05, 3.63) is 58.3 Å². The van der Waals surface area contributed by atoms with E-state index >= 15 is 0 Å². The van der Waals surface area contributed by atoms with E-state index < -0.39 is 0 Å². The summed E-state index contributed by atoms with van der Waals surface area (Å²) in [4.78, 5) is 4.64. The fourth-order valence-electron chi connectivity index (χ4n) is 4.14. The Morgan fingerprint density at radius 3 is 3.12 bits per heavy atom. The molecule has 4 rings (SSSR count). The van der Waals surface area contributed by atoms with Gasteiger partial charge in [-0.2, -0.15) is 0 Å². The second-order valence-electron chi connectivity index (χ2n) is 6.91. The Morgan fingerprint density at radius 2 is 2.25 bits per heavy atom. The van der Waals surface area contributed by atoms with Crippen molar-refractivity contribution in [2.75, 3.05) is 6.54 Å².